The first-order valence-electron chi connectivity index (χ1n) is 16.4. The number of nitrogens with zero attached hydrogens (tertiary/aromatic N) is 4. The number of aromatic hydroxyl groups is 2. The van der Waals surface area contributed by atoms with Crippen molar-refractivity contribution < 1.29 is 123 Å². The second-order valence-corrected chi connectivity index (χ2v) is 15.8. The number of aliphatic carboxylic acids is 3. The van der Waals surface area contributed by atoms with E-state index in [1.165, 1.54) is 29.3 Å². The van der Waals surface area contributed by atoms with Crippen molar-refractivity contribution in [3.8, 4) is 11.5 Å². The van der Waals surface area contributed by atoms with Crippen LogP contribution in [-0.2, 0) is 28.8 Å². The first kappa shape index (κ1) is 45.6. The minimum atomic E-state index is -2.12. The molecule has 19 nitrogen and oxygen atoms in total. The van der Waals surface area contributed by atoms with E-state index in [1.807, 2.05) is 7.05 Å². The number of carboxylic acid groups (broad SMARTS) is 3. The molecule has 288 valence electrons. The number of nitrogens with two attached hydrogens (primary N) is 1. The number of likely N-dealkylation sites (N-methyl/N-ethyl adjacent to an activating group) is 1. The van der Waals surface area contributed by atoms with Crippen molar-refractivity contribution in [2.75, 3.05) is 25.1 Å². The number of quaternary nitrogens is 1. The summed E-state index contributed by atoms with van der Waals surface area (Å²) in [5.74, 6) is -8.50. The molecule has 6 N–H and O–H groups in total. The Labute approximate surface area is 375 Å². The van der Waals surface area contributed by atoms with Crippen molar-refractivity contribution in [2.24, 2.45) is 5.16 Å². The third kappa shape index (κ3) is 8.96. The number of oxime groups is 1. The molecule has 56 heavy (non-hydrogen) atoms. The van der Waals surface area contributed by atoms with Crippen molar-refractivity contribution in [2.45, 2.75) is 67.7 Å². The normalized spacial score (nSPS) is 25.8. The Morgan fingerprint density at radius 1 is 1.12 bits per heavy atom. The first-order valence-corrected chi connectivity index (χ1v) is 18.7. The summed E-state index contributed by atoms with van der Waals surface area (Å²) in [4.78, 5) is 84.6. The van der Waals surface area contributed by atoms with E-state index in [1.54, 1.807) is 0 Å². The van der Waals surface area contributed by atoms with Crippen LogP contribution >= 0.6 is 34.7 Å². The molecule has 1 aromatic carbocycles. The molecular formula is C32H32ClN7Na2O12S2. The molecule has 3 amide bonds. The number of phenols is 2. The van der Waals surface area contributed by atoms with E-state index in [2.05, 4.69) is 20.8 Å². The molecule has 0 aliphatic carbocycles. The second-order valence-electron chi connectivity index (χ2n) is 13.4. The average molecular weight is 852 g/mol. The Hall–Kier alpha value is -3.12. The van der Waals surface area contributed by atoms with Crippen LogP contribution in [0, 0.1) is 0 Å². The molecule has 0 radical (unpaired) electrons. The number of rotatable bonds is 13. The van der Waals surface area contributed by atoms with E-state index >= 15 is 0 Å². The fourth-order valence-corrected chi connectivity index (χ4v) is 9.69. The molecule has 6 rings (SSSR count). The molecule has 3 saturated heterocycles. The molecular weight excluding hydrogens is 820 g/mol. The molecule has 24 heteroatoms. The largest absolute Gasteiger partial charge is 1.00 e. The number of thiazole rings is 1. The van der Waals surface area contributed by atoms with E-state index in [0.29, 0.717) is 22.9 Å². The molecule has 0 spiro atoms. The van der Waals surface area contributed by atoms with Gasteiger partial charge in [0.2, 0.25) is 0 Å². The van der Waals surface area contributed by atoms with Crippen LogP contribution < -0.4 is 90.8 Å². The second kappa shape index (κ2) is 18.2. The summed E-state index contributed by atoms with van der Waals surface area (Å²) < 4.78 is 0.466. The quantitative estimate of drug-likeness (QED) is 0.0312. The number of anilines is 1. The van der Waals surface area contributed by atoms with Crippen LogP contribution in [0.25, 0.3) is 0 Å². The van der Waals surface area contributed by atoms with Crippen molar-refractivity contribution >= 4 is 81.2 Å². The van der Waals surface area contributed by atoms with E-state index in [-0.39, 0.29) is 117 Å². The number of piperidine rings is 1. The number of aromatic nitrogens is 1. The number of fused-ring (bicyclic) bond motifs is 3. The minimum Gasteiger partial charge on any atom is -0.550 e. The number of carboxylic acids is 3. The van der Waals surface area contributed by atoms with E-state index < -0.39 is 76.8 Å². The van der Waals surface area contributed by atoms with E-state index in [9.17, 15) is 54.3 Å². The van der Waals surface area contributed by atoms with Crippen LogP contribution in [0.3, 0.4) is 0 Å². The summed E-state index contributed by atoms with van der Waals surface area (Å²) in [6.07, 6.45) is -0.518. The number of β-lactam (4-membered cyclic amide) rings is 1. The number of thioether (sulfide) groups is 1. The van der Waals surface area contributed by atoms with Gasteiger partial charge in [0.25, 0.3) is 17.7 Å². The monoisotopic (exact) mass is 851 g/mol. The summed E-state index contributed by atoms with van der Waals surface area (Å²) in [5.41, 5.74) is 5.05. The van der Waals surface area contributed by atoms with Gasteiger partial charge in [0.1, 0.15) is 23.7 Å². The van der Waals surface area contributed by atoms with Gasteiger partial charge in [-0.05, 0) is 12.1 Å². The number of phenolic OH excluding ortho intramolecular Hbond substituents is 2. The first-order chi connectivity index (χ1) is 25.5. The Morgan fingerprint density at radius 3 is 2.36 bits per heavy atom. The predicted octanol–water partition coefficient (Wildman–Crippen LogP) is -9.25. The Morgan fingerprint density at radius 2 is 1.79 bits per heavy atom. The van der Waals surface area contributed by atoms with Crippen LogP contribution in [0.1, 0.15) is 48.2 Å². The molecule has 0 unspecified atom stereocenters. The number of nitrogens with one attached hydrogen (secondary N) is 2. The predicted molar refractivity (Wildman–Crippen MR) is 183 cm³/mol. The van der Waals surface area contributed by atoms with Crippen LogP contribution in [0.2, 0.25) is 5.02 Å². The summed E-state index contributed by atoms with van der Waals surface area (Å²) in [5, 5.41) is 63.6. The van der Waals surface area contributed by atoms with Crippen molar-refractivity contribution in [3.63, 3.8) is 0 Å². The third-order valence-corrected chi connectivity index (χ3v) is 12.6. The van der Waals surface area contributed by atoms with Gasteiger partial charge in [-0.2, -0.15) is 0 Å². The molecule has 4 aliphatic heterocycles. The summed E-state index contributed by atoms with van der Waals surface area (Å²) in [6, 6.07) is 1.05. The van der Waals surface area contributed by atoms with Crippen LogP contribution in [0.4, 0.5) is 5.13 Å². The Bertz CT molecular complexity index is 2000. The molecule has 4 aliphatic rings. The standard InChI is InChI=1S/C32H34ClN7O12S2.2Na/c1-40(14-2-3-15(40)7-13(6-14)35-26(45)16-4-5-18(41)25(44)21(16)33)9-12-10-53-29-23(28(47)39(29)24(12)31(50)51)37-27(46)22(17-11-54-32(34)36-17)38-52-19(30(48)49)8-20(42)43;;/h4-5,11,13-15,19,23,29H,2-3,6-10H2,1H3,(H8-,34,35,36,37,38,41,42,43,44,45,46,48,49,50,51);;/q;2*+1/p-2/t13?,14-,15-,19+,23-,29-,40?;;/m1../s1. The maximum absolute atomic E-state index is 13.5. The SMILES string of the molecule is C[N+]1(CC2=C(C(=O)[O-])N3C(=O)[C@@H](NC(=O)/C(=N\O[C@@H](CC(=O)[O-])C(=O)[O-])c4csc(N)n4)[C@H]3SC2)[C@@H]2CC[C@@H]1CC(NC(=O)c1ccc(O)c(O)c1Cl)C2.[Na+].[Na+]. The van der Waals surface area contributed by atoms with Crippen LogP contribution in [-0.4, -0.2) is 121 Å². The van der Waals surface area contributed by atoms with Gasteiger partial charge in [-0.1, -0.05) is 16.8 Å². The fraction of sp³-hybridized carbons (Fsp3) is 0.438. The number of hydrogen-bond donors (Lipinski definition) is 5. The van der Waals surface area contributed by atoms with Crippen LogP contribution in [0.15, 0.2) is 33.9 Å². The van der Waals surface area contributed by atoms with Gasteiger partial charge in [-0.3, -0.25) is 19.3 Å². The van der Waals surface area contributed by atoms with Gasteiger partial charge in [-0.15, -0.1) is 23.1 Å². The number of hydrogen-bond acceptors (Lipinski definition) is 17. The van der Waals surface area contributed by atoms with Gasteiger partial charge < -0.3 is 65.6 Å². The molecule has 1 aromatic heterocycles. The molecule has 2 bridgehead atoms. The number of amides is 3. The maximum Gasteiger partial charge on any atom is 1.00 e. The number of carbonyl (C=O) groups is 6. The maximum atomic E-state index is 13.5. The zero-order valence-electron chi connectivity index (χ0n) is 30.2. The van der Waals surface area contributed by atoms with E-state index in [0.717, 1.165) is 29.1 Å². The van der Waals surface area contributed by atoms with Crippen molar-refractivity contribution in [1.29, 1.82) is 0 Å². The van der Waals surface area contributed by atoms with Gasteiger partial charge >= 0.3 is 59.1 Å². The molecule has 0 saturated carbocycles. The summed E-state index contributed by atoms with van der Waals surface area (Å²) in [7, 11) is 2.01. The molecule has 2 aromatic rings. The van der Waals surface area contributed by atoms with Gasteiger partial charge in [0, 0.05) is 60.8 Å². The molecule has 5 heterocycles. The van der Waals surface area contributed by atoms with Crippen molar-refractivity contribution in [3.05, 3.63) is 45.1 Å². The zero-order chi connectivity index (χ0) is 39.2. The average Bonchev–Trinajstić information content (AvgIpc) is 3.57. The number of nitrogen functional groups attached to an aromatic ring is 1. The molecule has 5 atom stereocenters. The Balaban J connectivity index is 0.00000348. The topological polar surface area (TPSA) is 300 Å². The summed E-state index contributed by atoms with van der Waals surface area (Å²) >= 11 is 8.21. The zero-order valence-corrected chi connectivity index (χ0v) is 36.6. The third-order valence-electron chi connectivity index (χ3n) is 10.2. The Kier molecular flexibility index (Phi) is 14.8. The van der Waals surface area contributed by atoms with E-state index in [4.69, 9.17) is 22.2 Å². The summed E-state index contributed by atoms with van der Waals surface area (Å²) in [6.45, 7) is 0.280. The van der Waals surface area contributed by atoms with Gasteiger partial charge in [-0.25, -0.2) is 4.98 Å². The number of carbonyl (C=O) groups excluding carboxylic acids is 6. The van der Waals surface area contributed by atoms with Gasteiger partial charge in [0.05, 0.1) is 47.4 Å². The number of halogens is 1. The number of benzene rings is 1. The molecule has 3 fully saturated rings. The minimum absolute atomic E-state index is 0. The van der Waals surface area contributed by atoms with Gasteiger partial charge in [0.15, 0.2) is 28.4 Å². The van der Waals surface area contributed by atoms with Crippen molar-refractivity contribution in [1.82, 2.24) is 20.5 Å². The smallest absolute Gasteiger partial charge is 0.550 e. The fourth-order valence-electron chi connectivity index (χ4n) is 7.56. The van der Waals surface area contributed by atoms with Crippen LogP contribution in [0.5, 0.6) is 11.5 Å².